The summed E-state index contributed by atoms with van der Waals surface area (Å²) in [6.45, 7) is 5.15. The maximum Gasteiger partial charge on any atom is 0.343 e. The van der Waals surface area contributed by atoms with Gasteiger partial charge >= 0.3 is 6.03 Å². The number of nitrogens with zero attached hydrogens (tertiary/aromatic N) is 4. The molecule has 7 nitrogen and oxygen atoms in total. The van der Waals surface area contributed by atoms with Gasteiger partial charge in [0.25, 0.3) is 0 Å². The van der Waals surface area contributed by atoms with Crippen LogP contribution in [0.15, 0.2) is 47.6 Å². The number of aromatic nitrogens is 1. The van der Waals surface area contributed by atoms with E-state index in [4.69, 9.17) is 10.5 Å². The van der Waals surface area contributed by atoms with Gasteiger partial charge in [-0.25, -0.2) is 14.8 Å². The van der Waals surface area contributed by atoms with Gasteiger partial charge in [-0.1, -0.05) is 18.2 Å². The Morgan fingerprint density at radius 1 is 1.33 bits per heavy atom. The Morgan fingerprint density at radius 2 is 2.19 bits per heavy atom. The second kappa shape index (κ2) is 10.2. The topological polar surface area (TPSA) is 105 Å². The first-order chi connectivity index (χ1) is 17.4. The maximum absolute atomic E-state index is 12.4. The fourth-order valence-corrected chi connectivity index (χ4v) is 5.87. The van der Waals surface area contributed by atoms with Crippen LogP contribution in [0.2, 0.25) is 0 Å². The molecule has 0 bridgehead atoms. The second-order valence-electron chi connectivity index (χ2n) is 9.59. The molecule has 1 aliphatic carbocycles. The summed E-state index contributed by atoms with van der Waals surface area (Å²) in [6, 6.07) is 14.1. The zero-order chi connectivity index (χ0) is 25.2. The quantitative estimate of drug-likeness (QED) is 0.474. The number of nitriles is 1. The Labute approximate surface area is 215 Å². The van der Waals surface area contributed by atoms with Crippen LogP contribution in [0, 0.1) is 11.3 Å². The summed E-state index contributed by atoms with van der Waals surface area (Å²) in [5.74, 6) is 0.715. The van der Waals surface area contributed by atoms with Crippen LogP contribution >= 0.6 is 11.3 Å². The molecule has 184 valence electrons. The monoisotopic (exact) mass is 499 g/mol. The van der Waals surface area contributed by atoms with Gasteiger partial charge in [-0.2, -0.15) is 5.26 Å². The first-order valence-corrected chi connectivity index (χ1v) is 13.1. The average molecular weight is 500 g/mol. The Hall–Kier alpha value is -3.54. The number of rotatable bonds is 5. The Balaban J connectivity index is 1.36. The summed E-state index contributed by atoms with van der Waals surface area (Å²) >= 11 is 1.61. The summed E-state index contributed by atoms with van der Waals surface area (Å²) in [6.07, 6.45) is 6.41. The number of fused-ring (bicyclic) bond motifs is 1. The van der Waals surface area contributed by atoms with Crippen LogP contribution < -0.4 is 10.5 Å². The molecule has 1 aromatic heterocycles. The molecular weight excluding hydrogens is 470 g/mol. The fourth-order valence-electron chi connectivity index (χ4n) is 4.91. The third kappa shape index (κ3) is 4.90. The molecule has 1 unspecified atom stereocenters. The molecule has 1 fully saturated rings. The standard InChI is InChI=1S/C28H29N5O2S/c1-17(2)35-25-9-7-18(12-20(25)13-29)27-31-15-26(36-27)24-5-3-4-22-19(6-8-23(22)24)14-32-28(34)33-11-10-21(30)16-33/h3-5,7,9,12,14-15,17,19,21H,6,8,10-11,16,30H2,1-2H3/b32-14+/t19?,21-/m0/s1. The van der Waals surface area contributed by atoms with Crippen molar-refractivity contribution in [3.05, 3.63) is 59.3 Å². The number of hydrogen-bond acceptors (Lipinski definition) is 6. The van der Waals surface area contributed by atoms with E-state index in [2.05, 4.69) is 34.2 Å². The minimum atomic E-state index is -0.193. The predicted molar refractivity (Wildman–Crippen MR) is 143 cm³/mol. The lowest BCUT2D eigenvalue weighted by atomic mass is 9.99. The van der Waals surface area contributed by atoms with Gasteiger partial charge in [0.1, 0.15) is 16.8 Å². The van der Waals surface area contributed by atoms with E-state index in [9.17, 15) is 10.1 Å². The molecule has 0 radical (unpaired) electrons. The van der Waals surface area contributed by atoms with E-state index in [1.807, 2.05) is 44.5 Å². The highest BCUT2D eigenvalue weighted by Gasteiger charge is 2.26. The molecule has 2 aromatic carbocycles. The number of amides is 2. The molecule has 2 N–H and O–H groups in total. The normalized spacial score (nSPS) is 19.1. The van der Waals surface area contributed by atoms with Crippen LogP contribution in [-0.4, -0.2) is 47.4 Å². The minimum absolute atomic E-state index is 0.0000916. The number of benzene rings is 2. The summed E-state index contributed by atoms with van der Waals surface area (Å²) in [5, 5.41) is 10.4. The first kappa shape index (κ1) is 24.2. The molecule has 36 heavy (non-hydrogen) atoms. The van der Waals surface area contributed by atoms with E-state index in [0.29, 0.717) is 24.4 Å². The summed E-state index contributed by atoms with van der Waals surface area (Å²) in [7, 11) is 0. The SMILES string of the molecule is CC(C)Oc1ccc(-c2ncc(-c3cccc4c3CCC4/C=N/C(=O)N3CC[C@H](N)C3)s2)cc1C#N. The van der Waals surface area contributed by atoms with Crippen molar-refractivity contribution in [3.8, 4) is 32.8 Å². The number of nitrogens with two attached hydrogens (primary N) is 1. The van der Waals surface area contributed by atoms with Crippen LogP contribution in [0.25, 0.3) is 21.0 Å². The van der Waals surface area contributed by atoms with E-state index >= 15 is 0 Å². The lowest BCUT2D eigenvalue weighted by Gasteiger charge is -2.12. The highest BCUT2D eigenvalue weighted by molar-refractivity contribution is 7.18. The van der Waals surface area contributed by atoms with Crippen molar-refractivity contribution in [1.29, 1.82) is 5.26 Å². The number of hydrogen-bond donors (Lipinski definition) is 1. The van der Waals surface area contributed by atoms with Gasteiger partial charge in [0, 0.05) is 43.0 Å². The van der Waals surface area contributed by atoms with E-state index in [1.165, 1.54) is 16.7 Å². The van der Waals surface area contributed by atoms with Crippen LogP contribution in [-0.2, 0) is 6.42 Å². The molecule has 2 aliphatic rings. The van der Waals surface area contributed by atoms with Crippen molar-refractivity contribution in [2.45, 2.75) is 51.2 Å². The highest BCUT2D eigenvalue weighted by Crippen LogP contribution is 2.41. The smallest absolute Gasteiger partial charge is 0.343 e. The fraction of sp³-hybridized carbons (Fsp3) is 0.357. The molecular formula is C28H29N5O2S. The van der Waals surface area contributed by atoms with Crippen molar-refractivity contribution in [2.24, 2.45) is 10.7 Å². The zero-order valence-corrected chi connectivity index (χ0v) is 21.3. The van der Waals surface area contributed by atoms with Gasteiger partial charge in [-0.05, 0) is 68.0 Å². The summed E-state index contributed by atoms with van der Waals surface area (Å²) < 4.78 is 5.75. The number of carbonyl (C=O) groups excluding carboxylic acids is 1. The number of likely N-dealkylation sites (tertiary alicyclic amines) is 1. The Morgan fingerprint density at radius 3 is 2.94 bits per heavy atom. The molecule has 1 saturated heterocycles. The summed E-state index contributed by atoms with van der Waals surface area (Å²) in [5.41, 5.74) is 11.0. The minimum Gasteiger partial charge on any atom is -0.490 e. The molecule has 5 rings (SSSR count). The number of thiazole rings is 1. The number of urea groups is 1. The largest absolute Gasteiger partial charge is 0.490 e. The molecule has 3 aromatic rings. The van der Waals surface area contributed by atoms with Crippen LogP contribution in [0.4, 0.5) is 4.79 Å². The van der Waals surface area contributed by atoms with Gasteiger partial charge in [0.15, 0.2) is 0 Å². The summed E-state index contributed by atoms with van der Waals surface area (Å²) in [4.78, 5) is 24.2. The zero-order valence-electron chi connectivity index (χ0n) is 20.5. The predicted octanol–water partition coefficient (Wildman–Crippen LogP) is 5.39. The number of carbonyl (C=O) groups is 1. The maximum atomic E-state index is 12.4. The molecule has 8 heteroatoms. The van der Waals surface area contributed by atoms with Crippen molar-refractivity contribution >= 4 is 23.6 Å². The van der Waals surface area contributed by atoms with Crippen LogP contribution in [0.3, 0.4) is 0 Å². The number of aliphatic imine (C=N–C) groups is 1. The van der Waals surface area contributed by atoms with E-state index in [1.54, 1.807) is 16.2 Å². The molecule has 2 atom stereocenters. The Bertz CT molecular complexity index is 1360. The van der Waals surface area contributed by atoms with Crippen molar-refractivity contribution in [1.82, 2.24) is 9.88 Å². The van der Waals surface area contributed by atoms with Gasteiger partial charge in [0.2, 0.25) is 0 Å². The van der Waals surface area contributed by atoms with Gasteiger partial charge in [0.05, 0.1) is 16.5 Å². The lowest BCUT2D eigenvalue weighted by molar-refractivity contribution is 0.218. The van der Waals surface area contributed by atoms with Gasteiger partial charge < -0.3 is 15.4 Å². The molecule has 2 amide bonds. The molecule has 1 aliphatic heterocycles. The van der Waals surface area contributed by atoms with Gasteiger partial charge in [-0.15, -0.1) is 11.3 Å². The van der Waals surface area contributed by atoms with E-state index in [-0.39, 0.29) is 24.1 Å². The highest BCUT2D eigenvalue weighted by atomic mass is 32.1. The third-order valence-corrected chi connectivity index (χ3v) is 7.74. The van der Waals surface area contributed by atoms with Crippen LogP contribution in [0.5, 0.6) is 5.75 Å². The average Bonchev–Trinajstić information content (AvgIpc) is 3.62. The van der Waals surface area contributed by atoms with E-state index < -0.39 is 0 Å². The molecule has 2 heterocycles. The Kier molecular flexibility index (Phi) is 6.86. The van der Waals surface area contributed by atoms with E-state index in [0.717, 1.165) is 34.7 Å². The van der Waals surface area contributed by atoms with Crippen LogP contribution in [0.1, 0.15) is 49.3 Å². The lowest BCUT2D eigenvalue weighted by Crippen LogP contribution is -2.30. The second-order valence-corrected chi connectivity index (χ2v) is 10.6. The van der Waals surface area contributed by atoms with Crippen molar-refractivity contribution in [3.63, 3.8) is 0 Å². The number of ether oxygens (including phenoxy) is 1. The first-order valence-electron chi connectivity index (χ1n) is 12.3. The molecule has 0 spiro atoms. The third-order valence-electron chi connectivity index (χ3n) is 6.66. The van der Waals surface area contributed by atoms with Crippen molar-refractivity contribution in [2.75, 3.05) is 13.1 Å². The molecule has 0 saturated carbocycles. The van der Waals surface area contributed by atoms with Crippen molar-refractivity contribution < 1.29 is 9.53 Å². The van der Waals surface area contributed by atoms with Gasteiger partial charge in [-0.3, -0.25) is 0 Å².